The molecule has 2 aromatic rings. The van der Waals surface area contributed by atoms with Crippen LogP contribution < -0.4 is 11.3 Å². The summed E-state index contributed by atoms with van der Waals surface area (Å²) in [6, 6.07) is 6.49. The van der Waals surface area contributed by atoms with Crippen LogP contribution in [0, 0.1) is 5.41 Å². The average molecular weight is 356 g/mol. The molecular weight excluding hydrogens is 332 g/mol. The molecule has 0 fully saturated rings. The fraction of sp³-hybridized carbons (Fsp3) is 0.450. The molecule has 4 nitrogen and oxygen atoms in total. The van der Waals surface area contributed by atoms with E-state index in [-0.39, 0.29) is 11.5 Å². The fourth-order valence-corrected chi connectivity index (χ4v) is 5.68. The first-order valence-corrected chi connectivity index (χ1v) is 9.66. The second kappa shape index (κ2) is 5.94. The Morgan fingerprint density at radius 2 is 2.12 bits per heavy atom. The van der Waals surface area contributed by atoms with Gasteiger partial charge in [0.1, 0.15) is 0 Å². The highest BCUT2D eigenvalue weighted by Crippen LogP contribution is 2.46. The number of hydrazine groups is 1. The van der Waals surface area contributed by atoms with E-state index in [1.54, 1.807) is 11.3 Å². The molecular formula is C20H24N2O2S. The predicted octanol–water partition coefficient (Wildman–Crippen LogP) is 3.56. The van der Waals surface area contributed by atoms with Crippen LogP contribution in [0.25, 0.3) is 10.4 Å². The van der Waals surface area contributed by atoms with Crippen LogP contribution in [0.4, 0.5) is 0 Å². The summed E-state index contributed by atoms with van der Waals surface area (Å²) in [5.74, 6) is 4.85. The largest absolute Gasteiger partial charge is 0.478 e. The van der Waals surface area contributed by atoms with Crippen molar-refractivity contribution >= 4 is 17.3 Å². The Morgan fingerprint density at radius 3 is 2.84 bits per heavy atom. The zero-order chi connectivity index (χ0) is 17.8. The molecule has 0 bridgehead atoms. The number of hydrogen-bond donors (Lipinski definition) is 3. The first kappa shape index (κ1) is 16.8. The van der Waals surface area contributed by atoms with Gasteiger partial charge >= 0.3 is 5.97 Å². The van der Waals surface area contributed by atoms with Gasteiger partial charge in [-0.3, -0.25) is 11.3 Å². The molecule has 1 aromatic heterocycles. The maximum atomic E-state index is 12.1. The van der Waals surface area contributed by atoms with E-state index in [0.29, 0.717) is 5.56 Å². The number of aryl methyl sites for hydroxylation is 1. The lowest BCUT2D eigenvalue weighted by molar-refractivity contribution is 0.0696. The lowest BCUT2D eigenvalue weighted by Crippen LogP contribution is -2.35. The van der Waals surface area contributed by atoms with E-state index >= 15 is 0 Å². The van der Waals surface area contributed by atoms with Crippen LogP contribution in [-0.4, -0.2) is 17.1 Å². The fourth-order valence-electron chi connectivity index (χ4n) is 4.32. The van der Waals surface area contributed by atoms with E-state index in [4.69, 9.17) is 5.84 Å². The summed E-state index contributed by atoms with van der Waals surface area (Å²) in [6.45, 7) is 4.47. The number of rotatable bonds is 3. The Hall–Kier alpha value is -1.69. The van der Waals surface area contributed by atoms with Crippen molar-refractivity contribution in [2.45, 2.75) is 52.0 Å². The lowest BCUT2D eigenvalue weighted by atomic mass is 9.76. The molecule has 4 rings (SSSR count). The van der Waals surface area contributed by atoms with Crippen molar-refractivity contribution in [3.8, 4) is 10.4 Å². The minimum absolute atomic E-state index is 0.169. The Bertz CT molecular complexity index is 854. The van der Waals surface area contributed by atoms with Crippen molar-refractivity contribution in [2.24, 2.45) is 11.3 Å². The number of aromatic carboxylic acids is 1. The molecule has 0 saturated heterocycles. The molecule has 0 spiro atoms. The first-order chi connectivity index (χ1) is 11.9. The zero-order valence-electron chi connectivity index (χ0n) is 14.7. The highest BCUT2D eigenvalue weighted by Gasteiger charge is 2.34. The van der Waals surface area contributed by atoms with Gasteiger partial charge in [-0.15, -0.1) is 11.3 Å². The van der Waals surface area contributed by atoms with Gasteiger partial charge in [-0.05, 0) is 59.8 Å². The molecule has 1 heterocycles. The quantitative estimate of drug-likeness (QED) is 0.581. The third-order valence-corrected chi connectivity index (χ3v) is 6.98. The second-order valence-corrected chi connectivity index (χ2v) is 9.17. The molecule has 0 saturated carbocycles. The van der Waals surface area contributed by atoms with E-state index < -0.39 is 5.97 Å². The number of fused-ring (bicyclic) bond motifs is 2. The SMILES string of the molecule is CC1(C)CCc2sc(-c3cccc4c3C[C@H](NN)C4)c(C(=O)O)c2C1. The zero-order valence-corrected chi connectivity index (χ0v) is 15.5. The molecule has 0 radical (unpaired) electrons. The highest BCUT2D eigenvalue weighted by atomic mass is 32.1. The highest BCUT2D eigenvalue weighted by molar-refractivity contribution is 7.16. The van der Waals surface area contributed by atoms with Crippen LogP contribution in [-0.2, 0) is 25.7 Å². The number of nitrogens with two attached hydrogens (primary N) is 1. The van der Waals surface area contributed by atoms with Gasteiger partial charge in [0, 0.05) is 15.8 Å². The topological polar surface area (TPSA) is 75.3 Å². The summed E-state index contributed by atoms with van der Waals surface area (Å²) >= 11 is 1.69. The smallest absolute Gasteiger partial charge is 0.337 e. The third-order valence-electron chi connectivity index (χ3n) is 5.66. The third kappa shape index (κ3) is 2.80. The molecule has 0 amide bonds. The van der Waals surface area contributed by atoms with E-state index in [1.165, 1.54) is 16.0 Å². The Kier molecular flexibility index (Phi) is 3.98. The Balaban J connectivity index is 1.87. The number of carbonyl (C=O) groups is 1. The molecule has 1 atom stereocenters. The molecule has 0 unspecified atom stereocenters. The lowest BCUT2D eigenvalue weighted by Gasteiger charge is -2.29. The summed E-state index contributed by atoms with van der Waals surface area (Å²) < 4.78 is 0. The van der Waals surface area contributed by atoms with Crippen molar-refractivity contribution in [3.05, 3.63) is 45.3 Å². The number of benzene rings is 1. The summed E-state index contributed by atoms with van der Waals surface area (Å²) in [6.07, 6.45) is 4.71. The van der Waals surface area contributed by atoms with Gasteiger partial charge in [-0.1, -0.05) is 32.0 Å². The molecule has 2 aliphatic carbocycles. The maximum Gasteiger partial charge on any atom is 0.337 e. The van der Waals surface area contributed by atoms with Crippen LogP contribution >= 0.6 is 11.3 Å². The Labute approximate surface area is 152 Å². The number of thiophene rings is 1. The van der Waals surface area contributed by atoms with Crippen LogP contribution in [0.3, 0.4) is 0 Å². The van der Waals surface area contributed by atoms with Gasteiger partial charge in [-0.25, -0.2) is 4.79 Å². The van der Waals surface area contributed by atoms with E-state index in [1.807, 2.05) is 6.07 Å². The first-order valence-electron chi connectivity index (χ1n) is 8.85. The monoisotopic (exact) mass is 356 g/mol. The van der Waals surface area contributed by atoms with Gasteiger partial charge in [0.25, 0.3) is 0 Å². The van der Waals surface area contributed by atoms with Gasteiger partial charge in [0.2, 0.25) is 0 Å². The van der Waals surface area contributed by atoms with Crippen LogP contribution in [0.15, 0.2) is 18.2 Å². The van der Waals surface area contributed by atoms with Gasteiger partial charge in [0.05, 0.1) is 5.56 Å². The van der Waals surface area contributed by atoms with E-state index in [0.717, 1.165) is 48.1 Å². The van der Waals surface area contributed by atoms with Crippen molar-refractivity contribution in [3.63, 3.8) is 0 Å². The Morgan fingerprint density at radius 1 is 1.32 bits per heavy atom. The summed E-state index contributed by atoms with van der Waals surface area (Å²) in [5, 5.41) is 9.96. The summed E-state index contributed by atoms with van der Waals surface area (Å²) in [7, 11) is 0. The van der Waals surface area contributed by atoms with Crippen LogP contribution in [0.1, 0.15) is 52.2 Å². The normalized spacial score (nSPS) is 21.0. The minimum atomic E-state index is -0.797. The van der Waals surface area contributed by atoms with Gasteiger partial charge < -0.3 is 5.11 Å². The number of carboxylic acids is 1. The van der Waals surface area contributed by atoms with E-state index in [9.17, 15) is 9.90 Å². The van der Waals surface area contributed by atoms with Crippen LogP contribution in [0.2, 0.25) is 0 Å². The molecule has 1 aromatic carbocycles. The van der Waals surface area contributed by atoms with Gasteiger partial charge in [0.15, 0.2) is 0 Å². The molecule has 25 heavy (non-hydrogen) atoms. The minimum Gasteiger partial charge on any atom is -0.478 e. The number of nitrogens with one attached hydrogen (secondary N) is 1. The number of carboxylic acid groups (broad SMARTS) is 1. The van der Waals surface area contributed by atoms with Gasteiger partial charge in [-0.2, -0.15) is 0 Å². The molecule has 132 valence electrons. The predicted molar refractivity (Wildman–Crippen MR) is 101 cm³/mol. The van der Waals surface area contributed by atoms with Crippen molar-refractivity contribution in [1.82, 2.24) is 5.43 Å². The second-order valence-electron chi connectivity index (χ2n) is 8.07. The summed E-state index contributed by atoms with van der Waals surface area (Å²) in [4.78, 5) is 14.3. The summed E-state index contributed by atoms with van der Waals surface area (Å²) in [5.41, 5.74) is 8.26. The van der Waals surface area contributed by atoms with Crippen molar-refractivity contribution in [1.29, 1.82) is 0 Å². The molecule has 5 heteroatoms. The number of hydrogen-bond acceptors (Lipinski definition) is 4. The average Bonchev–Trinajstić information content (AvgIpc) is 3.13. The molecule has 4 N–H and O–H groups in total. The molecule has 2 aliphatic rings. The van der Waals surface area contributed by atoms with Crippen molar-refractivity contribution in [2.75, 3.05) is 0 Å². The van der Waals surface area contributed by atoms with Crippen LogP contribution in [0.5, 0.6) is 0 Å². The standard InChI is InChI=1S/C20H24N2O2S/c1-20(2)7-6-16-15(10-20)17(19(23)24)18(25-16)13-5-3-4-11-8-12(22-21)9-14(11)13/h3-5,12,22H,6-10,21H2,1-2H3,(H,23,24)/t12-/m1/s1. The van der Waals surface area contributed by atoms with Crippen molar-refractivity contribution < 1.29 is 9.90 Å². The van der Waals surface area contributed by atoms with E-state index in [2.05, 4.69) is 31.4 Å². The maximum absolute atomic E-state index is 12.1. The molecule has 0 aliphatic heterocycles.